The van der Waals surface area contributed by atoms with Crippen molar-refractivity contribution in [2.24, 2.45) is 5.84 Å². The summed E-state index contributed by atoms with van der Waals surface area (Å²) < 4.78 is 11.0. The predicted molar refractivity (Wildman–Crippen MR) is 181 cm³/mol. The van der Waals surface area contributed by atoms with Gasteiger partial charge in [0.25, 0.3) is 5.91 Å². The van der Waals surface area contributed by atoms with Gasteiger partial charge in [0.1, 0.15) is 0 Å². The normalized spacial score (nSPS) is 12.0. The van der Waals surface area contributed by atoms with Gasteiger partial charge in [-0.15, -0.1) is 0 Å². The van der Waals surface area contributed by atoms with Gasteiger partial charge < -0.3 is 19.3 Å². The molecule has 0 saturated heterocycles. The van der Waals surface area contributed by atoms with Crippen LogP contribution in [-0.2, 0) is 5.41 Å². The van der Waals surface area contributed by atoms with Crippen molar-refractivity contribution in [3.8, 4) is 11.4 Å². The first kappa shape index (κ1) is 31.7. The summed E-state index contributed by atoms with van der Waals surface area (Å²) >= 11 is 1.47. The van der Waals surface area contributed by atoms with Crippen molar-refractivity contribution in [3.63, 3.8) is 0 Å². The summed E-state index contributed by atoms with van der Waals surface area (Å²) in [6.07, 6.45) is 6.44. The fraction of sp³-hybridized carbons (Fsp3) is 0.294. The fourth-order valence-corrected chi connectivity index (χ4v) is 5.31. The molecule has 0 saturated carbocycles. The number of nitrogens with zero attached hydrogens (tertiary/aromatic N) is 3. The van der Waals surface area contributed by atoms with E-state index in [4.69, 9.17) is 15.6 Å². The van der Waals surface area contributed by atoms with Crippen LogP contribution in [0.15, 0.2) is 78.9 Å². The Hall–Kier alpha value is -4.21. The minimum Gasteiger partial charge on any atom is -0.492 e. The number of carbonyl (C=O) groups excluding carboxylic acids is 1. The van der Waals surface area contributed by atoms with E-state index in [0.29, 0.717) is 17.0 Å². The molecule has 8 nitrogen and oxygen atoms in total. The number of ether oxygens (including phenoxy) is 1. The number of hydrogen-bond acceptors (Lipinski definition) is 7. The zero-order valence-electron chi connectivity index (χ0n) is 26.3. The quantitative estimate of drug-likeness (QED) is 0.0968. The number of hydrazine groups is 1. The minimum atomic E-state index is -0.230. The number of nitrogens with one attached hydrogen (secondary N) is 2. The molecule has 4 rings (SSSR count). The number of aryl methyl sites for hydroxylation is 1. The Balaban J connectivity index is 1.66. The lowest BCUT2D eigenvalue weighted by atomic mass is 9.86. The highest BCUT2D eigenvalue weighted by molar-refractivity contribution is 7.99. The summed E-state index contributed by atoms with van der Waals surface area (Å²) in [5.74, 6) is 6.86. The number of imidazole rings is 1. The number of allylic oxidation sites excluding steroid dienone is 2. The van der Waals surface area contributed by atoms with E-state index in [9.17, 15) is 4.79 Å². The van der Waals surface area contributed by atoms with Crippen LogP contribution in [0.1, 0.15) is 68.2 Å². The van der Waals surface area contributed by atoms with Crippen molar-refractivity contribution >= 4 is 40.5 Å². The Kier molecular flexibility index (Phi) is 9.88. The molecule has 3 aromatic carbocycles. The summed E-state index contributed by atoms with van der Waals surface area (Å²) in [4.78, 5) is 18.3. The molecule has 4 N–H and O–H groups in total. The molecule has 0 fully saturated rings. The molecule has 1 aromatic heterocycles. The average Bonchev–Trinajstić information content (AvgIpc) is 3.48. The Bertz CT molecular complexity index is 1620. The Morgan fingerprint density at radius 3 is 2.42 bits per heavy atom. The van der Waals surface area contributed by atoms with Gasteiger partial charge in [0.2, 0.25) is 0 Å². The topological polar surface area (TPSA) is 97.4 Å². The van der Waals surface area contributed by atoms with Crippen LogP contribution in [0.2, 0.25) is 0 Å². The summed E-state index contributed by atoms with van der Waals surface area (Å²) in [7, 11) is 1.61. The van der Waals surface area contributed by atoms with E-state index in [1.807, 2.05) is 85.5 Å². The minimum absolute atomic E-state index is 0.122. The maximum atomic E-state index is 13.6. The van der Waals surface area contributed by atoms with Gasteiger partial charge in [0.05, 0.1) is 41.9 Å². The highest BCUT2D eigenvalue weighted by atomic mass is 32.2. The second kappa shape index (κ2) is 13.4. The molecule has 9 heteroatoms. The van der Waals surface area contributed by atoms with Crippen LogP contribution in [0, 0.1) is 6.92 Å². The van der Waals surface area contributed by atoms with Gasteiger partial charge in [0.15, 0.2) is 5.75 Å². The molecule has 226 valence electrons. The third-order valence-corrected chi connectivity index (χ3v) is 7.85. The molecule has 0 bridgehead atoms. The number of carbonyl (C=O) groups is 1. The molecule has 0 aliphatic heterocycles. The molecule has 1 heterocycles. The van der Waals surface area contributed by atoms with Crippen LogP contribution in [-0.4, -0.2) is 28.8 Å². The van der Waals surface area contributed by atoms with E-state index in [0.717, 1.165) is 51.6 Å². The van der Waals surface area contributed by atoms with Crippen LogP contribution in [0.5, 0.6) is 5.75 Å². The van der Waals surface area contributed by atoms with Crippen molar-refractivity contribution in [1.29, 1.82) is 0 Å². The second-order valence-corrected chi connectivity index (χ2v) is 12.0. The van der Waals surface area contributed by atoms with Gasteiger partial charge in [-0.1, -0.05) is 63.9 Å². The van der Waals surface area contributed by atoms with Crippen molar-refractivity contribution in [3.05, 3.63) is 101 Å². The zero-order valence-corrected chi connectivity index (χ0v) is 27.1. The number of para-hydroxylation sites is 1. The Morgan fingerprint density at radius 2 is 1.79 bits per heavy atom. The zero-order chi connectivity index (χ0) is 31.3. The Labute approximate surface area is 259 Å². The summed E-state index contributed by atoms with van der Waals surface area (Å²) in [5.41, 5.74) is 8.47. The maximum absolute atomic E-state index is 13.6. The first-order valence-corrected chi connectivity index (χ1v) is 15.5. The summed E-state index contributed by atoms with van der Waals surface area (Å²) in [5, 5.41) is 4.81. The molecule has 0 unspecified atom stereocenters. The van der Waals surface area contributed by atoms with Crippen LogP contribution in [0.4, 0.5) is 17.1 Å². The monoisotopic (exact) mass is 598 g/mol. The van der Waals surface area contributed by atoms with E-state index in [2.05, 4.69) is 43.8 Å². The number of hydrogen-bond donors (Lipinski definition) is 3. The van der Waals surface area contributed by atoms with E-state index in [1.165, 1.54) is 11.9 Å². The van der Waals surface area contributed by atoms with E-state index in [1.54, 1.807) is 18.4 Å². The van der Waals surface area contributed by atoms with E-state index >= 15 is 0 Å². The standard InChI is InChI=1S/C34H42N6O2S/c1-9-30(40(35)26-13-11-10-12-14-26)23(3)29-20-39(21-36-29)31-17-24(16-15-22(31)2)33(41)37-27-18-25(34(4,5)6)19-28(38-43-8)32(27)42-7/h10-21,38H,9,35H2,1-8H3,(H,37,41)/b30-23+. The molecule has 0 aliphatic rings. The lowest BCUT2D eigenvalue weighted by Gasteiger charge is -2.24. The third-order valence-electron chi connectivity index (χ3n) is 7.43. The van der Waals surface area contributed by atoms with Crippen molar-refractivity contribution in [2.75, 3.05) is 28.4 Å². The number of methoxy groups -OCH3 is 1. The van der Waals surface area contributed by atoms with Crippen molar-refractivity contribution in [2.45, 2.75) is 53.4 Å². The highest BCUT2D eigenvalue weighted by Crippen LogP contribution is 2.40. The Morgan fingerprint density at radius 1 is 1.09 bits per heavy atom. The molecule has 0 aliphatic carbocycles. The molecule has 0 atom stereocenters. The number of nitrogens with two attached hydrogens (primary N) is 1. The average molecular weight is 599 g/mol. The molecule has 0 spiro atoms. The largest absolute Gasteiger partial charge is 0.492 e. The maximum Gasteiger partial charge on any atom is 0.255 e. The molecular formula is C34H42N6O2S. The van der Waals surface area contributed by atoms with Gasteiger partial charge in [-0.2, -0.15) is 0 Å². The second-order valence-electron chi connectivity index (χ2n) is 11.4. The van der Waals surface area contributed by atoms with Crippen LogP contribution >= 0.6 is 11.9 Å². The van der Waals surface area contributed by atoms with E-state index in [-0.39, 0.29) is 11.3 Å². The third kappa shape index (κ3) is 7.06. The molecule has 4 aromatic rings. The number of aromatic nitrogens is 2. The highest BCUT2D eigenvalue weighted by Gasteiger charge is 2.22. The fourth-order valence-electron chi connectivity index (χ4n) is 4.94. The van der Waals surface area contributed by atoms with E-state index < -0.39 is 0 Å². The first-order valence-electron chi connectivity index (χ1n) is 14.3. The van der Waals surface area contributed by atoms with Crippen molar-refractivity contribution < 1.29 is 9.53 Å². The number of anilines is 3. The smallest absolute Gasteiger partial charge is 0.255 e. The molecule has 0 radical (unpaired) electrons. The predicted octanol–water partition coefficient (Wildman–Crippen LogP) is 7.95. The number of rotatable bonds is 10. The first-order chi connectivity index (χ1) is 20.5. The SMILES string of the molecule is CC/C(=C(/C)c1cn(-c2cc(C(=O)Nc3cc(C(C)(C)C)cc(NSC)c3OC)ccc2C)cn1)N(N)c1ccccc1. The van der Waals surface area contributed by atoms with Crippen LogP contribution in [0.25, 0.3) is 11.3 Å². The molecule has 1 amide bonds. The van der Waals surface area contributed by atoms with Gasteiger partial charge in [-0.3, -0.25) is 9.80 Å². The number of amides is 1. The van der Waals surface area contributed by atoms with Gasteiger partial charge in [-0.05, 0) is 78.8 Å². The van der Waals surface area contributed by atoms with Gasteiger partial charge in [0, 0.05) is 23.7 Å². The van der Waals surface area contributed by atoms with Crippen molar-refractivity contribution in [1.82, 2.24) is 9.55 Å². The van der Waals surface area contributed by atoms with Crippen LogP contribution < -0.4 is 25.6 Å². The summed E-state index contributed by atoms with van der Waals surface area (Å²) in [6, 6.07) is 19.6. The lowest BCUT2D eigenvalue weighted by Crippen LogP contribution is -2.30. The molecular weight excluding hydrogens is 556 g/mol. The van der Waals surface area contributed by atoms with Gasteiger partial charge in [-0.25, -0.2) is 10.8 Å². The molecule has 43 heavy (non-hydrogen) atoms. The van der Waals surface area contributed by atoms with Crippen LogP contribution in [0.3, 0.4) is 0 Å². The number of benzene rings is 3. The lowest BCUT2D eigenvalue weighted by molar-refractivity contribution is 0.102. The summed E-state index contributed by atoms with van der Waals surface area (Å²) in [6.45, 7) is 12.6. The van der Waals surface area contributed by atoms with Gasteiger partial charge >= 0.3 is 0 Å².